The van der Waals surface area contributed by atoms with Crippen LogP contribution in [0.1, 0.15) is 24.3 Å². The normalized spacial score (nSPS) is 12.9. The van der Waals surface area contributed by atoms with E-state index in [0.717, 1.165) is 23.4 Å². The van der Waals surface area contributed by atoms with Gasteiger partial charge >= 0.3 is 0 Å². The number of fused-ring (bicyclic) bond motifs is 1. The highest BCUT2D eigenvalue weighted by Gasteiger charge is 2.16. The molecule has 3 nitrogen and oxygen atoms in total. The lowest BCUT2D eigenvalue weighted by atomic mass is 10.1. The lowest BCUT2D eigenvalue weighted by Gasteiger charge is -2.15. The molecule has 92 valence electrons. The molecule has 0 radical (unpaired) electrons. The standard InChI is InChI=1S/C14H14N2OS/c1-2-15-14(12-4-3-6-17-12)10-8-13-11(16-9-10)5-7-18-13/h3-9,14-15H,2H2,1H3. The zero-order valence-corrected chi connectivity index (χ0v) is 10.9. The minimum Gasteiger partial charge on any atom is -0.467 e. The van der Waals surface area contributed by atoms with E-state index in [1.165, 1.54) is 4.70 Å². The molecule has 0 saturated carbocycles. The maximum atomic E-state index is 5.51. The van der Waals surface area contributed by atoms with Crippen molar-refractivity contribution in [1.29, 1.82) is 0 Å². The Labute approximate surface area is 109 Å². The molecule has 3 aromatic heterocycles. The Morgan fingerprint density at radius 3 is 3.17 bits per heavy atom. The van der Waals surface area contributed by atoms with E-state index in [2.05, 4.69) is 28.7 Å². The van der Waals surface area contributed by atoms with Crippen LogP contribution >= 0.6 is 11.3 Å². The molecule has 3 rings (SSSR count). The van der Waals surface area contributed by atoms with Gasteiger partial charge in [-0.05, 0) is 41.8 Å². The Morgan fingerprint density at radius 2 is 2.39 bits per heavy atom. The molecular formula is C14H14N2OS. The SMILES string of the molecule is CCNC(c1cnc2ccsc2c1)c1ccco1. The molecule has 0 bridgehead atoms. The van der Waals surface area contributed by atoms with Crippen molar-refractivity contribution in [2.24, 2.45) is 0 Å². The van der Waals surface area contributed by atoms with E-state index >= 15 is 0 Å². The first kappa shape index (κ1) is 11.4. The van der Waals surface area contributed by atoms with Gasteiger partial charge < -0.3 is 9.73 Å². The van der Waals surface area contributed by atoms with Gasteiger partial charge in [0.05, 0.1) is 22.5 Å². The van der Waals surface area contributed by atoms with Gasteiger partial charge in [-0.1, -0.05) is 6.92 Å². The summed E-state index contributed by atoms with van der Waals surface area (Å²) in [4.78, 5) is 4.48. The molecule has 1 unspecified atom stereocenters. The highest BCUT2D eigenvalue weighted by Crippen LogP contribution is 2.26. The molecule has 1 N–H and O–H groups in total. The summed E-state index contributed by atoms with van der Waals surface area (Å²) in [5.41, 5.74) is 2.19. The maximum Gasteiger partial charge on any atom is 0.125 e. The van der Waals surface area contributed by atoms with Gasteiger partial charge in [-0.3, -0.25) is 4.98 Å². The summed E-state index contributed by atoms with van der Waals surface area (Å²) < 4.78 is 6.72. The Morgan fingerprint density at radius 1 is 1.44 bits per heavy atom. The Balaban J connectivity index is 2.03. The van der Waals surface area contributed by atoms with Crippen LogP contribution in [-0.4, -0.2) is 11.5 Å². The predicted molar refractivity (Wildman–Crippen MR) is 73.8 cm³/mol. The van der Waals surface area contributed by atoms with Crippen LogP contribution in [0.15, 0.2) is 46.5 Å². The van der Waals surface area contributed by atoms with E-state index in [-0.39, 0.29) is 6.04 Å². The third kappa shape index (κ3) is 2.05. The fraction of sp³-hybridized carbons (Fsp3) is 0.214. The van der Waals surface area contributed by atoms with Crippen LogP contribution in [0.5, 0.6) is 0 Å². The minimum absolute atomic E-state index is 0.0731. The maximum absolute atomic E-state index is 5.51. The lowest BCUT2D eigenvalue weighted by molar-refractivity contribution is 0.452. The molecule has 3 heterocycles. The van der Waals surface area contributed by atoms with Crippen LogP contribution in [0.3, 0.4) is 0 Å². The van der Waals surface area contributed by atoms with Crippen LogP contribution in [0.4, 0.5) is 0 Å². The largest absolute Gasteiger partial charge is 0.467 e. The molecular weight excluding hydrogens is 244 g/mol. The van der Waals surface area contributed by atoms with Gasteiger partial charge in [0.2, 0.25) is 0 Å². The number of nitrogens with one attached hydrogen (secondary N) is 1. The number of hydrogen-bond acceptors (Lipinski definition) is 4. The van der Waals surface area contributed by atoms with Crippen molar-refractivity contribution < 1.29 is 4.42 Å². The molecule has 0 saturated heterocycles. The van der Waals surface area contributed by atoms with Gasteiger partial charge in [-0.25, -0.2) is 0 Å². The molecule has 0 spiro atoms. The summed E-state index contributed by atoms with van der Waals surface area (Å²) in [5.74, 6) is 0.926. The van der Waals surface area contributed by atoms with E-state index in [9.17, 15) is 0 Å². The monoisotopic (exact) mass is 258 g/mol. The Kier molecular flexibility index (Phi) is 3.13. The summed E-state index contributed by atoms with van der Waals surface area (Å²) in [7, 11) is 0. The van der Waals surface area contributed by atoms with Crippen molar-refractivity contribution in [2.45, 2.75) is 13.0 Å². The second kappa shape index (κ2) is 4.92. The van der Waals surface area contributed by atoms with Crippen LogP contribution in [0.25, 0.3) is 10.2 Å². The topological polar surface area (TPSA) is 38.1 Å². The van der Waals surface area contributed by atoms with Crippen LogP contribution in [0.2, 0.25) is 0 Å². The molecule has 0 aromatic carbocycles. The number of furan rings is 1. The van der Waals surface area contributed by atoms with Crippen molar-refractivity contribution >= 4 is 21.6 Å². The predicted octanol–water partition coefficient (Wildman–Crippen LogP) is 3.59. The molecule has 0 aliphatic heterocycles. The number of hydrogen-bond donors (Lipinski definition) is 1. The average molecular weight is 258 g/mol. The highest BCUT2D eigenvalue weighted by molar-refractivity contribution is 7.17. The molecule has 0 amide bonds. The van der Waals surface area contributed by atoms with Crippen molar-refractivity contribution in [3.8, 4) is 0 Å². The number of nitrogens with zero attached hydrogens (tertiary/aromatic N) is 1. The minimum atomic E-state index is 0.0731. The third-order valence-corrected chi connectivity index (χ3v) is 3.75. The first-order chi connectivity index (χ1) is 8.88. The summed E-state index contributed by atoms with van der Waals surface area (Å²) in [5, 5.41) is 5.50. The van der Waals surface area contributed by atoms with Gasteiger partial charge in [-0.15, -0.1) is 11.3 Å². The highest BCUT2D eigenvalue weighted by atomic mass is 32.1. The quantitative estimate of drug-likeness (QED) is 0.777. The summed E-state index contributed by atoms with van der Waals surface area (Å²) >= 11 is 1.71. The number of thiophene rings is 1. The lowest BCUT2D eigenvalue weighted by Crippen LogP contribution is -2.21. The van der Waals surface area contributed by atoms with E-state index in [1.807, 2.05) is 24.4 Å². The van der Waals surface area contributed by atoms with Gasteiger partial charge in [0, 0.05) is 6.20 Å². The van der Waals surface area contributed by atoms with E-state index < -0.39 is 0 Å². The van der Waals surface area contributed by atoms with Crippen LogP contribution in [-0.2, 0) is 0 Å². The molecule has 1 atom stereocenters. The third-order valence-electron chi connectivity index (χ3n) is 2.89. The first-order valence-corrected chi connectivity index (χ1v) is 6.86. The van der Waals surface area contributed by atoms with E-state index in [1.54, 1.807) is 17.6 Å². The average Bonchev–Trinajstić information content (AvgIpc) is 3.05. The fourth-order valence-corrected chi connectivity index (χ4v) is 2.85. The van der Waals surface area contributed by atoms with Crippen LogP contribution < -0.4 is 5.32 Å². The second-order valence-corrected chi connectivity index (χ2v) is 5.03. The number of pyridine rings is 1. The zero-order chi connectivity index (χ0) is 12.4. The summed E-state index contributed by atoms with van der Waals surface area (Å²) in [6.07, 6.45) is 3.63. The molecule has 0 fully saturated rings. The molecule has 4 heteroatoms. The Hall–Kier alpha value is -1.65. The van der Waals surface area contributed by atoms with E-state index in [4.69, 9.17) is 4.42 Å². The zero-order valence-electron chi connectivity index (χ0n) is 10.1. The molecule has 18 heavy (non-hydrogen) atoms. The van der Waals surface area contributed by atoms with Gasteiger partial charge in [-0.2, -0.15) is 0 Å². The van der Waals surface area contributed by atoms with Crippen molar-refractivity contribution in [3.63, 3.8) is 0 Å². The van der Waals surface area contributed by atoms with Crippen molar-refractivity contribution in [3.05, 3.63) is 53.4 Å². The number of rotatable bonds is 4. The summed E-state index contributed by atoms with van der Waals surface area (Å²) in [6.45, 7) is 2.97. The smallest absolute Gasteiger partial charge is 0.125 e. The van der Waals surface area contributed by atoms with Crippen molar-refractivity contribution in [2.75, 3.05) is 6.54 Å². The van der Waals surface area contributed by atoms with Gasteiger partial charge in [0.15, 0.2) is 0 Å². The van der Waals surface area contributed by atoms with E-state index in [0.29, 0.717) is 0 Å². The Bertz CT molecular complexity index is 630. The fourth-order valence-electron chi connectivity index (χ4n) is 2.06. The number of aromatic nitrogens is 1. The molecule has 0 aliphatic carbocycles. The molecule has 3 aromatic rings. The second-order valence-electron chi connectivity index (χ2n) is 4.08. The van der Waals surface area contributed by atoms with Crippen LogP contribution in [0, 0.1) is 0 Å². The van der Waals surface area contributed by atoms with Crippen molar-refractivity contribution in [1.82, 2.24) is 10.3 Å². The van der Waals surface area contributed by atoms with Gasteiger partial charge in [0.1, 0.15) is 5.76 Å². The molecule has 0 aliphatic rings. The van der Waals surface area contributed by atoms with Gasteiger partial charge in [0.25, 0.3) is 0 Å². The summed E-state index contributed by atoms with van der Waals surface area (Å²) in [6, 6.07) is 8.20. The first-order valence-electron chi connectivity index (χ1n) is 5.98.